The van der Waals surface area contributed by atoms with Crippen LogP contribution < -0.4 is 15.8 Å². The van der Waals surface area contributed by atoms with E-state index < -0.39 is 0 Å². The van der Waals surface area contributed by atoms with Crippen LogP contribution in [0, 0.1) is 0 Å². The SMILES string of the molecule is COc1cccc(NC(=O)c2ccc3c(c2C=O)CCC(N)C3)c1. The molecule has 3 N–H and O–H groups in total. The highest BCUT2D eigenvalue weighted by molar-refractivity contribution is 6.09. The average molecular weight is 324 g/mol. The second kappa shape index (κ2) is 6.84. The number of ether oxygens (including phenoxy) is 1. The molecule has 0 fully saturated rings. The third-order valence-corrected chi connectivity index (χ3v) is 4.39. The fourth-order valence-corrected chi connectivity index (χ4v) is 3.14. The lowest BCUT2D eigenvalue weighted by Crippen LogP contribution is -2.29. The van der Waals surface area contributed by atoms with Crippen molar-refractivity contribution in [1.29, 1.82) is 0 Å². The zero-order valence-electron chi connectivity index (χ0n) is 13.5. The molecule has 124 valence electrons. The Hall–Kier alpha value is -2.66. The fraction of sp³-hybridized carbons (Fsp3) is 0.263. The minimum Gasteiger partial charge on any atom is -0.497 e. The molecule has 5 nitrogen and oxygen atoms in total. The fourth-order valence-electron chi connectivity index (χ4n) is 3.14. The van der Waals surface area contributed by atoms with Gasteiger partial charge in [-0.25, -0.2) is 0 Å². The molecule has 0 aromatic heterocycles. The van der Waals surface area contributed by atoms with Gasteiger partial charge in [0.15, 0.2) is 6.29 Å². The van der Waals surface area contributed by atoms with Crippen molar-refractivity contribution >= 4 is 17.9 Å². The Balaban J connectivity index is 1.91. The smallest absolute Gasteiger partial charge is 0.256 e. The van der Waals surface area contributed by atoms with Gasteiger partial charge in [0.05, 0.1) is 12.7 Å². The molecule has 0 spiro atoms. The molecule has 0 heterocycles. The first-order valence-electron chi connectivity index (χ1n) is 7.93. The van der Waals surface area contributed by atoms with Gasteiger partial charge in [0.2, 0.25) is 0 Å². The molecule has 3 rings (SSSR count). The Morgan fingerprint density at radius 1 is 1.33 bits per heavy atom. The lowest BCUT2D eigenvalue weighted by atomic mass is 9.84. The number of hydrogen-bond acceptors (Lipinski definition) is 4. The number of nitrogens with two attached hydrogens (primary N) is 1. The Kier molecular flexibility index (Phi) is 4.62. The number of carbonyl (C=O) groups is 2. The first kappa shape index (κ1) is 16.2. The zero-order valence-corrected chi connectivity index (χ0v) is 13.5. The van der Waals surface area contributed by atoms with Gasteiger partial charge in [0, 0.05) is 23.4 Å². The standard InChI is InChI=1S/C19H20N2O3/c1-24-15-4-2-3-14(10-15)21-19(23)17-7-5-12-9-13(20)6-8-16(12)18(17)11-22/h2-5,7,10-11,13H,6,8-9,20H2,1H3,(H,21,23). The van der Waals surface area contributed by atoms with Crippen LogP contribution in [0.25, 0.3) is 0 Å². The van der Waals surface area contributed by atoms with Crippen LogP contribution in [-0.4, -0.2) is 25.3 Å². The van der Waals surface area contributed by atoms with Gasteiger partial charge in [-0.05, 0) is 48.6 Å². The molecule has 1 amide bonds. The van der Waals surface area contributed by atoms with Crippen molar-refractivity contribution in [2.45, 2.75) is 25.3 Å². The van der Waals surface area contributed by atoms with Crippen LogP contribution in [-0.2, 0) is 12.8 Å². The molecule has 1 aliphatic carbocycles. The number of fused-ring (bicyclic) bond motifs is 1. The molecule has 0 saturated carbocycles. The van der Waals surface area contributed by atoms with E-state index in [1.54, 1.807) is 37.4 Å². The van der Waals surface area contributed by atoms with Crippen LogP contribution in [0.5, 0.6) is 5.75 Å². The number of nitrogens with one attached hydrogen (secondary N) is 1. The van der Waals surface area contributed by atoms with Crippen LogP contribution in [0.3, 0.4) is 0 Å². The van der Waals surface area contributed by atoms with Crippen LogP contribution in [0.15, 0.2) is 36.4 Å². The normalized spacial score (nSPS) is 16.2. The second-order valence-corrected chi connectivity index (χ2v) is 5.97. The van der Waals surface area contributed by atoms with Gasteiger partial charge in [-0.2, -0.15) is 0 Å². The van der Waals surface area contributed by atoms with E-state index in [1.807, 2.05) is 6.07 Å². The maximum absolute atomic E-state index is 12.6. The molecule has 1 atom stereocenters. The minimum absolute atomic E-state index is 0.119. The topological polar surface area (TPSA) is 81.4 Å². The Morgan fingerprint density at radius 2 is 2.17 bits per heavy atom. The third-order valence-electron chi connectivity index (χ3n) is 4.39. The largest absolute Gasteiger partial charge is 0.497 e. The van der Waals surface area contributed by atoms with Crippen LogP contribution >= 0.6 is 0 Å². The van der Waals surface area contributed by atoms with E-state index in [2.05, 4.69) is 5.32 Å². The summed E-state index contributed by atoms with van der Waals surface area (Å²) in [6.45, 7) is 0. The first-order chi connectivity index (χ1) is 11.6. The molecule has 2 aromatic carbocycles. The quantitative estimate of drug-likeness (QED) is 0.847. The number of aldehydes is 1. The van der Waals surface area contributed by atoms with Crippen molar-refractivity contribution in [1.82, 2.24) is 0 Å². The van der Waals surface area contributed by atoms with Crippen molar-refractivity contribution < 1.29 is 14.3 Å². The summed E-state index contributed by atoms with van der Waals surface area (Å²) in [6, 6.07) is 10.8. The molecular weight excluding hydrogens is 304 g/mol. The van der Waals surface area contributed by atoms with Crippen molar-refractivity contribution in [3.05, 3.63) is 58.7 Å². The number of rotatable bonds is 4. The predicted molar refractivity (Wildman–Crippen MR) is 92.8 cm³/mol. The molecule has 24 heavy (non-hydrogen) atoms. The average Bonchev–Trinajstić information content (AvgIpc) is 2.60. The highest BCUT2D eigenvalue weighted by atomic mass is 16.5. The van der Waals surface area contributed by atoms with E-state index in [0.29, 0.717) is 22.6 Å². The Labute approximate surface area is 140 Å². The van der Waals surface area contributed by atoms with E-state index >= 15 is 0 Å². The lowest BCUT2D eigenvalue weighted by Gasteiger charge is -2.23. The monoisotopic (exact) mass is 324 g/mol. The highest BCUT2D eigenvalue weighted by Gasteiger charge is 2.22. The van der Waals surface area contributed by atoms with Crippen molar-refractivity contribution in [3.8, 4) is 5.75 Å². The van der Waals surface area contributed by atoms with Crippen LogP contribution in [0.2, 0.25) is 0 Å². The summed E-state index contributed by atoms with van der Waals surface area (Å²) in [6.07, 6.45) is 3.07. The summed E-state index contributed by atoms with van der Waals surface area (Å²) in [5.41, 5.74) is 9.49. The Bertz CT molecular complexity index is 786. The van der Waals surface area contributed by atoms with Gasteiger partial charge in [0.1, 0.15) is 5.75 Å². The Morgan fingerprint density at radius 3 is 2.92 bits per heavy atom. The number of amides is 1. The summed E-state index contributed by atoms with van der Waals surface area (Å²) in [5, 5.41) is 2.82. The van der Waals surface area contributed by atoms with Gasteiger partial charge in [-0.1, -0.05) is 12.1 Å². The van der Waals surface area contributed by atoms with Crippen molar-refractivity contribution in [2.24, 2.45) is 5.73 Å². The maximum Gasteiger partial charge on any atom is 0.256 e. The number of benzene rings is 2. The van der Waals surface area contributed by atoms with Crippen molar-refractivity contribution in [3.63, 3.8) is 0 Å². The number of carbonyl (C=O) groups excluding carboxylic acids is 2. The van der Waals surface area contributed by atoms with Gasteiger partial charge >= 0.3 is 0 Å². The maximum atomic E-state index is 12.6. The minimum atomic E-state index is -0.303. The lowest BCUT2D eigenvalue weighted by molar-refractivity contribution is 0.101. The van der Waals surface area contributed by atoms with Gasteiger partial charge in [-0.3, -0.25) is 9.59 Å². The highest BCUT2D eigenvalue weighted by Crippen LogP contribution is 2.26. The van der Waals surface area contributed by atoms with E-state index in [1.165, 1.54) is 0 Å². The zero-order chi connectivity index (χ0) is 17.1. The van der Waals surface area contributed by atoms with Gasteiger partial charge in [0.25, 0.3) is 5.91 Å². The number of methoxy groups -OCH3 is 1. The summed E-state index contributed by atoms with van der Waals surface area (Å²) >= 11 is 0. The van der Waals surface area contributed by atoms with E-state index in [4.69, 9.17) is 10.5 Å². The summed E-state index contributed by atoms with van der Waals surface area (Å²) in [4.78, 5) is 24.2. The van der Waals surface area contributed by atoms with E-state index in [0.717, 1.165) is 36.7 Å². The molecule has 5 heteroatoms. The van der Waals surface area contributed by atoms with Gasteiger partial charge < -0.3 is 15.8 Å². The number of anilines is 1. The van der Waals surface area contributed by atoms with Crippen molar-refractivity contribution in [2.75, 3.05) is 12.4 Å². The van der Waals surface area contributed by atoms with E-state index in [9.17, 15) is 9.59 Å². The summed E-state index contributed by atoms with van der Waals surface area (Å²) in [5.74, 6) is 0.353. The molecule has 0 saturated heterocycles. The van der Waals surface area contributed by atoms with Crippen LogP contribution in [0.1, 0.15) is 38.3 Å². The molecule has 0 bridgehead atoms. The molecule has 2 aromatic rings. The van der Waals surface area contributed by atoms with E-state index in [-0.39, 0.29) is 11.9 Å². The first-order valence-corrected chi connectivity index (χ1v) is 7.93. The molecule has 0 aliphatic heterocycles. The molecule has 1 unspecified atom stereocenters. The molecule has 1 aliphatic rings. The molecule has 0 radical (unpaired) electrons. The second-order valence-electron chi connectivity index (χ2n) is 5.97. The predicted octanol–water partition coefficient (Wildman–Crippen LogP) is 2.58. The number of hydrogen-bond donors (Lipinski definition) is 2. The third kappa shape index (κ3) is 3.16. The summed E-state index contributed by atoms with van der Waals surface area (Å²) in [7, 11) is 1.57. The summed E-state index contributed by atoms with van der Waals surface area (Å²) < 4.78 is 5.15. The molecular formula is C19H20N2O3. The van der Waals surface area contributed by atoms with Crippen LogP contribution in [0.4, 0.5) is 5.69 Å². The van der Waals surface area contributed by atoms with Gasteiger partial charge in [-0.15, -0.1) is 0 Å².